The van der Waals surface area contributed by atoms with Crippen LogP contribution in [0.1, 0.15) is 24.2 Å². The highest BCUT2D eigenvalue weighted by atomic mass is 79.9. The minimum atomic E-state index is -1.03. The molecule has 1 aromatic rings. The minimum absolute atomic E-state index is 0.132. The number of halogens is 1. The van der Waals surface area contributed by atoms with Crippen LogP contribution in [-0.2, 0) is 0 Å². The van der Waals surface area contributed by atoms with Crippen LogP contribution in [0, 0.1) is 0 Å². The molecule has 2 N–H and O–H groups in total. The van der Waals surface area contributed by atoms with Gasteiger partial charge in [0.2, 0.25) is 0 Å². The van der Waals surface area contributed by atoms with Crippen LogP contribution < -0.4 is 5.32 Å². The van der Waals surface area contributed by atoms with Crippen molar-refractivity contribution in [2.75, 3.05) is 18.4 Å². The van der Waals surface area contributed by atoms with Gasteiger partial charge in [-0.1, -0.05) is 0 Å². The van der Waals surface area contributed by atoms with Gasteiger partial charge in [0.05, 0.1) is 11.3 Å². The third kappa shape index (κ3) is 3.46. The van der Waals surface area contributed by atoms with Gasteiger partial charge >= 0.3 is 12.0 Å². The molecule has 6 heteroatoms. The molecule has 0 aliphatic rings. The Morgan fingerprint density at radius 1 is 1.33 bits per heavy atom. The average molecular weight is 315 g/mol. The lowest BCUT2D eigenvalue weighted by atomic mass is 10.2. The van der Waals surface area contributed by atoms with Crippen molar-refractivity contribution in [3.63, 3.8) is 0 Å². The van der Waals surface area contributed by atoms with E-state index in [1.54, 1.807) is 11.0 Å². The number of hydrogen-bond donors (Lipinski definition) is 2. The summed E-state index contributed by atoms with van der Waals surface area (Å²) in [6.45, 7) is 4.95. The molecular weight excluding hydrogens is 300 g/mol. The maximum absolute atomic E-state index is 11.9. The normalized spacial score (nSPS) is 9.94. The summed E-state index contributed by atoms with van der Waals surface area (Å²) in [4.78, 5) is 24.3. The van der Waals surface area contributed by atoms with E-state index < -0.39 is 5.97 Å². The zero-order valence-corrected chi connectivity index (χ0v) is 11.8. The van der Waals surface area contributed by atoms with E-state index in [1.807, 2.05) is 13.8 Å². The molecule has 98 valence electrons. The molecule has 0 saturated carbocycles. The number of nitrogens with zero attached hydrogens (tertiary/aromatic N) is 1. The van der Waals surface area contributed by atoms with E-state index >= 15 is 0 Å². The van der Waals surface area contributed by atoms with Gasteiger partial charge in [0.1, 0.15) is 0 Å². The molecule has 0 aromatic heterocycles. The number of benzene rings is 1. The molecule has 0 saturated heterocycles. The fourth-order valence-corrected chi connectivity index (χ4v) is 1.80. The Hall–Kier alpha value is -1.56. The van der Waals surface area contributed by atoms with Crippen molar-refractivity contribution in [3.05, 3.63) is 28.2 Å². The highest BCUT2D eigenvalue weighted by Gasteiger charge is 2.13. The number of aromatic carboxylic acids is 1. The first-order chi connectivity index (χ1) is 8.49. The highest BCUT2D eigenvalue weighted by Crippen LogP contribution is 2.24. The Morgan fingerprint density at radius 2 is 1.94 bits per heavy atom. The molecule has 0 spiro atoms. The second-order valence-electron chi connectivity index (χ2n) is 3.60. The Balaban J connectivity index is 2.93. The van der Waals surface area contributed by atoms with Crippen LogP contribution in [0.25, 0.3) is 0 Å². The highest BCUT2D eigenvalue weighted by molar-refractivity contribution is 9.10. The number of nitrogens with one attached hydrogen (secondary N) is 1. The van der Waals surface area contributed by atoms with E-state index in [0.29, 0.717) is 23.2 Å². The molecule has 0 unspecified atom stereocenters. The van der Waals surface area contributed by atoms with Gasteiger partial charge in [0.25, 0.3) is 0 Å². The molecule has 2 amide bonds. The number of carbonyl (C=O) groups excluding carboxylic acids is 1. The van der Waals surface area contributed by atoms with Crippen LogP contribution in [0.5, 0.6) is 0 Å². The minimum Gasteiger partial charge on any atom is -0.478 e. The molecule has 5 nitrogen and oxygen atoms in total. The van der Waals surface area contributed by atoms with Gasteiger partial charge in [-0.05, 0) is 48.0 Å². The van der Waals surface area contributed by atoms with Crippen LogP contribution in [0.3, 0.4) is 0 Å². The second kappa shape index (κ2) is 6.39. The third-order valence-corrected chi connectivity index (χ3v) is 3.20. The number of carboxylic acid groups (broad SMARTS) is 1. The molecule has 0 heterocycles. The van der Waals surface area contributed by atoms with Crippen molar-refractivity contribution in [1.29, 1.82) is 0 Å². The van der Waals surface area contributed by atoms with E-state index in [4.69, 9.17) is 5.11 Å². The van der Waals surface area contributed by atoms with Crippen LogP contribution >= 0.6 is 15.9 Å². The first kappa shape index (κ1) is 14.5. The molecule has 18 heavy (non-hydrogen) atoms. The van der Waals surface area contributed by atoms with Crippen LogP contribution in [-0.4, -0.2) is 35.1 Å². The Labute approximate surface area is 114 Å². The number of carbonyl (C=O) groups is 2. The van der Waals surface area contributed by atoms with Crippen LogP contribution in [0.4, 0.5) is 10.5 Å². The van der Waals surface area contributed by atoms with Crippen molar-refractivity contribution in [2.24, 2.45) is 0 Å². The van der Waals surface area contributed by atoms with Gasteiger partial charge in [0.15, 0.2) is 0 Å². The average Bonchev–Trinajstić information content (AvgIpc) is 2.33. The molecular formula is C12H15BrN2O3. The summed E-state index contributed by atoms with van der Waals surface area (Å²) in [7, 11) is 0. The van der Waals surface area contributed by atoms with Crippen molar-refractivity contribution in [3.8, 4) is 0 Å². The zero-order valence-electron chi connectivity index (χ0n) is 10.2. The van der Waals surface area contributed by atoms with Gasteiger partial charge in [-0.3, -0.25) is 0 Å². The first-order valence-corrected chi connectivity index (χ1v) is 6.37. The first-order valence-electron chi connectivity index (χ1n) is 5.58. The topological polar surface area (TPSA) is 69.6 Å². The summed E-state index contributed by atoms with van der Waals surface area (Å²) < 4.78 is 0.646. The Bertz CT molecular complexity index is 459. The van der Waals surface area contributed by atoms with Gasteiger partial charge in [-0.25, -0.2) is 9.59 Å². The molecule has 0 radical (unpaired) electrons. The number of amides is 2. The number of anilines is 1. The van der Waals surface area contributed by atoms with E-state index in [1.165, 1.54) is 12.1 Å². The van der Waals surface area contributed by atoms with Crippen LogP contribution in [0.2, 0.25) is 0 Å². The maximum atomic E-state index is 11.9. The quantitative estimate of drug-likeness (QED) is 0.897. The van der Waals surface area contributed by atoms with Crippen LogP contribution in [0.15, 0.2) is 22.7 Å². The Morgan fingerprint density at radius 3 is 2.44 bits per heavy atom. The number of carboxylic acids is 1. The van der Waals surface area contributed by atoms with E-state index in [-0.39, 0.29) is 11.6 Å². The molecule has 0 atom stereocenters. The third-order valence-electron chi connectivity index (χ3n) is 2.51. The lowest BCUT2D eigenvalue weighted by Crippen LogP contribution is -2.34. The smallest absolute Gasteiger partial charge is 0.335 e. The lowest BCUT2D eigenvalue weighted by Gasteiger charge is -2.19. The standard InChI is InChI=1S/C12H15BrN2O3/c1-3-15(4-2)12(18)14-10-7-8(11(16)17)5-6-9(10)13/h5-7H,3-4H2,1-2H3,(H,14,18)(H,16,17). The fourth-order valence-electron chi connectivity index (χ4n) is 1.46. The number of rotatable bonds is 4. The Kier molecular flexibility index (Phi) is 5.15. The number of urea groups is 1. The summed E-state index contributed by atoms with van der Waals surface area (Å²) in [5.74, 6) is -1.03. The van der Waals surface area contributed by atoms with E-state index in [2.05, 4.69) is 21.2 Å². The van der Waals surface area contributed by atoms with Crippen molar-refractivity contribution in [2.45, 2.75) is 13.8 Å². The maximum Gasteiger partial charge on any atom is 0.335 e. The molecule has 1 aromatic carbocycles. The predicted octanol–water partition coefficient (Wildman–Crippen LogP) is 3.02. The van der Waals surface area contributed by atoms with E-state index in [0.717, 1.165) is 0 Å². The predicted molar refractivity (Wildman–Crippen MR) is 73.0 cm³/mol. The molecule has 1 rings (SSSR count). The van der Waals surface area contributed by atoms with Crippen molar-refractivity contribution < 1.29 is 14.7 Å². The van der Waals surface area contributed by atoms with Gasteiger partial charge < -0.3 is 15.3 Å². The lowest BCUT2D eigenvalue weighted by molar-refractivity contribution is 0.0697. The molecule has 0 aliphatic heterocycles. The van der Waals surface area contributed by atoms with Crippen molar-refractivity contribution >= 4 is 33.6 Å². The van der Waals surface area contributed by atoms with E-state index in [9.17, 15) is 9.59 Å². The molecule has 0 bridgehead atoms. The summed E-state index contributed by atoms with van der Waals surface area (Å²) in [5, 5.41) is 11.6. The van der Waals surface area contributed by atoms with Crippen molar-refractivity contribution in [1.82, 2.24) is 4.90 Å². The second-order valence-corrected chi connectivity index (χ2v) is 4.46. The molecule has 0 aliphatic carbocycles. The summed E-state index contributed by atoms with van der Waals surface area (Å²) in [6.07, 6.45) is 0. The van der Waals surface area contributed by atoms with Gasteiger partial charge in [-0.2, -0.15) is 0 Å². The van der Waals surface area contributed by atoms with Gasteiger partial charge in [-0.15, -0.1) is 0 Å². The largest absolute Gasteiger partial charge is 0.478 e. The monoisotopic (exact) mass is 314 g/mol. The summed E-state index contributed by atoms with van der Waals surface area (Å²) >= 11 is 3.27. The molecule has 0 fully saturated rings. The number of hydrogen-bond acceptors (Lipinski definition) is 2. The SMILES string of the molecule is CCN(CC)C(=O)Nc1cc(C(=O)O)ccc1Br. The van der Waals surface area contributed by atoms with Gasteiger partial charge in [0, 0.05) is 17.6 Å². The summed E-state index contributed by atoms with van der Waals surface area (Å²) in [6, 6.07) is 4.25. The summed E-state index contributed by atoms with van der Waals surface area (Å²) in [5.41, 5.74) is 0.583. The fraction of sp³-hybridized carbons (Fsp3) is 0.333. The zero-order chi connectivity index (χ0) is 13.7.